The number of amides is 1. The van der Waals surface area contributed by atoms with E-state index in [9.17, 15) is 4.79 Å². The lowest BCUT2D eigenvalue weighted by molar-refractivity contribution is -0.149. The fourth-order valence-corrected chi connectivity index (χ4v) is 3.79. The largest absolute Gasteiger partial charge is 0.363 e. The van der Waals surface area contributed by atoms with E-state index >= 15 is 0 Å². The second kappa shape index (κ2) is 5.62. The molecule has 0 aliphatic carbocycles. The Morgan fingerprint density at radius 1 is 1.35 bits per heavy atom. The van der Waals surface area contributed by atoms with Crippen LogP contribution in [0.5, 0.6) is 0 Å². The van der Waals surface area contributed by atoms with Crippen molar-refractivity contribution in [2.45, 2.75) is 37.8 Å². The Kier molecular flexibility index (Phi) is 4.02. The van der Waals surface area contributed by atoms with E-state index in [2.05, 4.69) is 24.2 Å². The molecule has 3 rings (SSSR count). The average molecular weight is 281 g/mol. The second-order valence-corrected chi connectivity index (χ2v) is 6.92. The van der Waals surface area contributed by atoms with Gasteiger partial charge in [0, 0.05) is 32.2 Å². The number of piperidine rings is 2. The minimum absolute atomic E-state index is 0.126. The number of hydrogen-bond donors (Lipinski definition) is 1. The molecule has 0 bridgehead atoms. The highest BCUT2D eigenvalue weighted by atomic mass is 16.5. The average Bonchev–Trinajstić information content (AvgIpc) is 2.42. The molecule has 0 aromatic carbocycles. The maximum Gasteiger partial charge on any atom is 0.248 e. The van der Waals surface area contributed by atoms with Crippen LogP contribution in [0.25, 0.3) is 0 Å². The smallest absolute Gasteiger partial charge is 0.248 e. The molecule has 2 atom stereocenters. The third-order valence-corrected chi connectivity index (χ3v) is 5.24. The zero-order valence-electron chi connectivity index (χ0n) is 12.7. The first-order valence-electron chi connectivity index (χ1n) is 7.90. The quantitative estimate of drug-likeness (QED) is 0.808. The predicted octanol–water partition coefficient (Wildman–Crippen LogP) is 0.308. The highest BCUT2D eigenvalue weighted by Crippen LogP contribution is 2.29. The van der Waals surface area contributed by atoms with Gasteiger partial charge in [-0.1, -0.05) is 0 Å². The summed E-state index contributed by atoms with van der Waals surface area (Å²) in [6, 6.07) is 0.682. The van der Waals surface area contributed by atoms with Crippen LogP contribution in [0.2, 0.25) is 0 Å². The van der Waals surface area contributed by atoms with Gasteiger partial charge in [-0.25, -0.2) is 0 Å². The van der Waals surface area contributed by atoms with Crippen molar-refractivity contribution in [3.63, 3.8) is 0 Å². The van der Waals surface area contributed by atoms with Gasteiger partial charge in [0.1, 0.15) is 6.61 Å². The Hall–Kier alpha value is -0.650. The van der Waals surface area contributed by atoms with Crippen LogP contribution >= 0.6 is 0 Å². The number of ether oxygens (including phenoxy) is 1. The zero-order chi connectivity index (χ0) is 14.2. The number of fused-ring (bicyclic) bond motifs is 1. The van der Waals surface area contributed by atoms with Crippen molar-refractivity contribution in [3.8, 4) is 0 Å². The molecule has 0 radical (unpaired) electrons. The summed E-state index contributed by atoms with van der Waals surface area (Å²) in [6.45, 7) is 7.05. The van der Waals surface area contributed by atoms with Crippen LogP contribution in [-0.2, 0) is 9.53 Å². The third-order valence-electron chi connectivity index (χ3n) is 5.24. The number of rotatable bonds is 3. The molecule has 114 valence electrons. The van der Waals surface area contributed by atoms with E-state index in [0.29, 0.717) is 12.0 Å². The molecular formula is C15H27N3O2. The Labute approximate surface area is 121 Å². The van der Waals surface area contributed by atoms with Crippen LogP contribution in [-0.4, -0.2) is 73.7 Å². The molecule has 3 heterocycles. The summed E-state index contributed by atoms with van der Waals surface area (Å²) in [5.41, 5.74) is -0.126. The fraction of sp³-hybridized carbons (Fsp3) is 0.933. The van der Waals surface area contributed by atoms with Crippen molar-refractivity contribution in [2.24, 2.45) is 5.92 Å². The Bertz CT molecular complexity index is 370. The van der Waals surface area contributed by atoms with Gasteiger partial charge >= 0.3 is 0 Å². The van der Waals surface area contributed by atoms with Crippen molar-refractivity contribution in [3.05, 3.63) is 0 Å². The standard InChI is InChI=1S/C15H27N3O2/c1-15(10-16-11-15)20-9-14(19)18-7-5-13-12(8-18)4-3-6-17(13)2/h12-13,16H,3-11H2,1-2H3. The molecule has 0 aromatic heterocycles. The van der Waals surface area contributed by atoms with Crippen molar-refractivity contribution < 1.29 is 9.53 Å². The van der Waals surface area contributed by atoms with E-state index in [1.165, 1.54) is 19.4 Å². The van der Waals surface area contributed by atoms with Crippen LogP contribution in [0.1, 0.15) is 26.2 Å². The predicted molar refractivity (Wildman–Crippen MR) is 77.6 cm³/mol. The summed E-state index contributed by atoms with van der Waals surface area (Å²) in [6.07, 6.45) is 3.65. The van der Waals surface area contributed by atoms with Gasteiger partial charge in [-0.3, -0.25) is 4.79 Å². The highest BCUT2D eigenvalue weighted by molar-refractivity contribution is 5.77. The van der Waals surface area contributed by atoms with Crippen LogP contribution in [0.4, 0.5) is 0 Å². The van der Waals surface area contributed by atoms with Crippen molar-refractivity contribution in [1.82, 2.24) is 15.1 Å². The lowest BCUT2D eigenvalue weighted by Gasteiger charge is -2.46. The molecule has 1 N–H and O–H groups in total. The summed E-state index contributed by atoms with van der Waals surface area (Å²) in [5, 5.41) is 3.19. The monoisotopic (exact) mass is 281 g/mol. The molecule has 0 spiro atoms. The molecule has 20 heavy (non-hydrogen) atoms. The van der Waals surface area contributed by atoms with E-state index in [1.807, 2.05) is 4.90 Å². The summed E-state index contributed by atoms with van der Waals surface area (Å²) in [4.78, 5) is 16.8. The van der Waals surface area contributed by atoms with E-state index in [1.54, 1.807) is 0 Å². The SMILES string of the molecule is CN1CCCC2CN(C(=O)COC3(C)CNC3)CCC21. The van der Waals surface area contributed by atoms with Crippen LogP contribution in [0.3, 0.4) is 0 Å². The van der Waals surface area contributed by atoms with Gasteiger partial charge in [0.05, 0.1) is 5.60 Å². The number of carbonyl (C=O) groups is 1. The molecule has 0 aromatic rings. The first-order valence-corrected chi connectivity index (χ1v) is 7.90. The summed E-state index contributed by atoms with van der Waals surface area (Å²) < 4.78 is 5.77. The van der Waals surface area contributed by atoms with E-state index in [-0.39, 0.29) is 18.1 Å². The molecule has 3 aliphatic rings. The topological polar surface area (TPSA) is 44.8 Å². The zero-order valence-corrected chi connectivity index (χ0v) is 12.7. The minimum Gasteiger partial charge on any atom is -0.363 e. The lowest BCUT2D eigenvalue weighted by atomic mass is 9.84. The molecule has 3 fully saturated rings. The van der Waals surface area contributed by atoms with Gasteiger partial charge in [-0.05, 0) is 45.7 Å². The molecule has 3 aliphatic heterocycles. The number of nitrogens with zero attached hydrogens (tertiary/aromatic N) is 2. The van der Waals surface area contributed by atoms with Gasteiger partial charge in [-0.2, -0.15) is 0 Å². The van der Waals surface area contributed by atoms with Crippen LogP contribution < -0.4 is 5.32 Å². The fourth-order valence-electron chi connectivity index (χ4n) is 3.79. The first-order chi connectivity index (χ1) is 9.57. The highest BCUT2D eigenvalue weighted by Gasteiger charge is 2.37. The van der Waals surface area contributed by atoms with Crippen LogP contribution in [0, 0.1) is 5.92 Å². The van der Waals surface area contributed by atoms with Gasteiger partial charge in [-0.15, -0.1) is 0 Å². The van der Waals surface area contributed by atoms with Gasteiger partial charge in [0.2, 0.25) is 5.91 Å². The normalized spacial score (nSPS) is 33.4. The maximum absolute atomic E-state index is 12.3. The number of nitrogens with one attached hydrogen (secondary N) is 1. The number of carbonyl (C=O) groups excluding carboxylic acids is 1. The molecule has 2 unspecified atom stereocenters. The third kappa shape index (κ3) is 2.85. The van der Waals surface area contributed by atoms with Crippen molar-refractivity contribution >= 4 is 5.91 Å². The summed E-state index contributed by atoms with van der Waals surface area (Å²) in [5.74, 6) is 0.831. The number of hydrogen-bond acceptors (Lipinski definition) is 4. The number of likely N-dealkylation sites (tertiary alicyclic amines) is 2. The Morgan fingerprint density at radius 3 is 2.85 bits per heavy atom. The van der Waals surface area contributed by atoms with E-state index in [4.69, 9.17) is 4.74 Å². The lowest BCUT2D eigenvalue weighted by Crippen LogP contribution is -2.60. The summed E-state index contributed by atoms with van der Waals surface area (Å²) >= 11 is 0. The second-order valence-electron chi connectivity index (χ2n) is 6.92. The van der Waals surface area contributed by atoms with Crippen molar-refractivity contribution in [1.29, 1.82) is 0 Å². The minimum atomic E-state index is -0.126. The van der Waals surface area contributed by atoms with Gasteiger partial charge in [0.25, 0.3) is 0 Å². The maximum atomic E-state index is 12.3. The molecule has 0 saturated carbocycles. The van der Waals surface area contributed by atoms with E-state index in [0.717, 1.165) is 32.6 Å². The molecular weight excluding hydrogens is 254 g/mol. The van der Waals surface area contributed by atoms with Gasteiger partial charge in [0.15, 0.2) is 0 Å². The molecule has 1 amide bonds. The molecule has 5 nitrogen and oxygen atoms in total. The van der Waals surface area contributed by atoms with Crippen LogP contribution in [0.15, 0.2) is 0 Å². The summed E-state index contributed by atoms with van der Waals surface area (Å²) in [7, 11) is 2.22. The van der Waals surface area contributed by atoms with Crippen molar-refractivity contribution in [2.75, 3.05) is 46.4 Å². The molecule has 5 heteroatoms. The van der Waals surface area contributed by atoms with E-state index < -0.39 is 0 Å². The molecule has 3 saturated heterocycles. The first kappa shape index (κ1) is 14.3. The van der Waals surface area contributed by atoms with Gasteiger partial charge < -0.3 is 19.9 Å². The Balaban J connectivity index is 1.49. The Morgan fingerprint density at radius 2 is 2.15 bits per heavy atom.